The van der Waals surface area contributed by atoms with E-state index in [0.29, 0.717) is 5.39 Å². The van der Waals surface area contributed by atoms with E-state index in [4.69, 9.17) is 14.9 Å². The molecular formula is C20H12F2N2O4. The Morgan fingerprint density at radius 3 is 2.61 bits per heavy atom. The predicted molar refractivity (Wildman–Crippen MR) is 94.9 cm³/mol. The van der Waals surface area contributed by atoms with Crippen LogP contribution in [0.3, 0.4) is 0 Å². The summed E-state index contributed by atoms with van der Waals surface area (Å²) in [6.07, 6.45) is 0. The zero-order valence-electron chi connectivity index (χ0n) is 14.2. The van der Waals surface area contributed by atoms with Gasteiger partial charge in [0.1, 0.15) is 23.0 Å². The van der Waals surface area contributed by atoms with E-state index < -0.39 is 18.2 Å². The minimum atomic E-state index is -3.08. The summed E-state index contributed by atoms with van der Waals surface area (Å²) in [6, 6.07) is 14.4. The zero-order valence-corrected chi connectivity index (χ0v) is 14.2. The molecule has 1 aliphatic rings. The maximum absolute atomic E-state index is 12.9. The fourth-order valence-corrected chi connectivity index (χ4v) is 3.30. The molecule has 2 aromatic carbocycles. The molecular weight excluding hydrogens is 370 g/mol. The van der Waals surface area contributed by atoms with Crippen molar-refractivity contribution in [2.24, 2.45) is 5.73 Å². The Balaban J connectivity index is 2.05. The Labute approximate surface area is 157 Å². The van der Waals surface area contributed by atoms with Gasteiger partial charge < -0.3 is 19.6 Å². The van der Waals surface area contributed by atoms with Crippen molar-refractivity contribution >= 4 is 11.0 Å². The van der Waals surface area contributed by atoms with Gasteiger partial charge in [-0.3, -0.25) is 0 Å². The number of fused-ring (bicyclic) bond motifs is 3. The third kappa shape index (κ3) is 2.74. The Bertz CT molecular complexity index is 1210. The molecule has 0 bridgehead atoms. The van der Waals surface area contributed by atoms with E-state index in [1.165, 1.54) is 18.2 Å². The number of ether oxygens (including phenoxy) is 2. The van der Waals surface area contributed by atoms with E-state index in [0.717, 1.165) is 0 Å². The van der Waals surface area contributed by atoms with Crippen molar-refractivity contribution in [3.8, 4) is 17.6 Å². The van der Waals surface area contributed by atoms with Crippen molar-refractivity contribution in [2.75, 3.05) is 0 Å². The van der Waals surface area contributed by atoms with Crippen molar-refractivity contribution < 1.29 is 22.7 Å². The molecule has 0 aliphatic carbocycles. The molecule has 0 radical (unpaired) electrons. The maximum Gasteiger partial charge on any atom is 0.387 e. The first-order valence-corrected chi connectivity index (χ1v) is 8.18. The third-order valence-corrected chi connectivity index (χ3v) is 4.42. The number of rotatable bonds is 3. The smallest absolute Gasteiger partial charge is 0.387 e. The molecule has 1 aromatic heterocycles. The van der Waals surface area contributed by atoms with Gasteiger partial charge in [-0.05, 0) is 18.2 Å². The summed E-state index contributed by atoms with van der Waals surface area (Å²) < 4.78 is 41.3. The van der Waals surface area contributed by atoms with Gasteiger partial charge in [-0.25, -0.2) is 4.79 Å². The summed E-state index contributed by atoms with van der Waals surface area (Å²) in [4.78, 5) is 12.8. The summed E-state index contributed by atoms with van der Waals surface area (Å²) in [7, 11) is 0. The minimum Gasteiger partial charge on any atom is -0.439 e. The van der Waals surface area contributed by atoms with E-state index in [1.807, 2.05) is 6.07 Å². The highest BCUT2D eigenvalue weighted by molar-refractivity contribution is 5.86. The van der Waals surface area contributed by atoms with E-state index in [-0.39, 0.29) is 39.7 Å². The Morgan fingerprint density at radius 1 is 1.14 bits per heavy atom. The van der Waals surface area contributed by atoms with Gasteiger partial charge in [0.15, 0.2) is 5.75 Å². The van der Waals surface area contributed by atoms with Crippen LogP contribution in [0, 0.1) is 11.3 Å². The second kappa shape index (κ2) is 6.70. The number of allylic oxidation sites excluding steroid dienone is 1. The summed E-state index contributed by atoms with van der Waals surface area (Å²) in [5.41, 5.74) is 5.53. The Kier molecular flexibility index (Phi) is 4.20. The fraction of sp³-hybridized carbons (Fsp3) is 0.100. The molecule has 140 valence electrons. The van der Waals surface area contributed by atoms with Gasteiger partial charge in [-0.15, -0.1) is 0 Å². The van der Waals surface area contributed by atoms with Crippen molar-refractivity contribution in [1.82, 2.24) is 0 Å². The van der Waals surface area contributed by atoms with Gasteiger partial charge in [0, 0.05) is 5.56 Å². The van der Waals surface area contributed by atoms with Crippen molar-refractivity contribution in [2.45, 2.75) is 12.5 Å². The lowest BCUT2D eigenvalue weighted by Gasteiger charge is -2.27. The van der Waals surface area contributed by atoms with E-state index in [9.17, 15) is 18.8 Å². The van der Waals surface area contributed by atoms with E-state index in [2.05, 4.69) is 4.74 Å². The topological polar surface area (TPSA) is 98.5 Å². The first-order valence-electron chi connectivity index (χ1n) is 8.18. The fourth-order valence-electron chi connectivity index (χ4n) is 3.30. The summed E-state index contributed by atoms with van der Waals surface area (Å²) in [6.45, 7) is -3.08. The number of nitrogens with zero attached hydrogens (tertiary/aromatic N) is 1. The molecule has 4 rings (SSSR count). The second-order valence-corrected chi connectivity index (χ2v) is 5.97. The van der Waals surface area contributed by atoms with Crippen molar-refractivity contribution in [3.63, 3.8) is 0 Å². The number of halogens is 2. The van der Waals surface area contributed by atoms with Gasteiger partial charge in [-0.2, -0.15) is 14.0 Å². The van der Waals surface area contributed by atoms with Crippen LogP contribution < -0.4 is 20.8 Å². The van der Waals surface area contributed by atoms with Crippen molar-refractivity contribution in [1.29, 1.82) is 5.26 Å². The number of nitrogens with two attached hydrogens (primary N) is 1. The number of hydrogen-bond acceptors (Lipinski definition) is 6. The van der Waals surface area contributed by atoms with Crippen LogP contribution in [-0.2, 0) is 0 Å². The van der Waals surface area contributed by atoms with Crippen LogP contribution >= 0.6 is 0 Å². The second-order valence-electron chi connectivity index (χ2n) is 5.97. The molecule has 0 spiro atoms. The Hall–Kier alpha value is -3.86. The molecule has 1 atom stereocenters. The number of alkyl halides is 2. The molecule has 1 unspecified atom stereocenters. The number of benzene rings is 2. The third-order valence-electron chi connectivity index (χ3n) is 4.42. The lowest BCUT2D eigenvalue weighted by Crippen LogP contribution is -2.26. The first-order chi connectivity index (χ1) is 13.5. The van der Waals surface area contributed by atoms with Crippen molar-refractivity contribution in [3.05, 3.63) is 81.5 Å². The van der Waals surface area contributed by atoms with Gasteiger partial charge in [0.2, 0.25) is 5.88 Å². The highest BCUT2D eigenvalue weighted by Gasteiger charge is 2.37. The SMILES string of the molecule is N#CC1=C(N)Oc2c(c(=O)oc3ccccc23)C1c1ccccc1OC(F)F. The van der Waals surface area contributed by atoms with Crippen LogP contribution in [0.2, 0.25) is 0 Å². The molecule has 0 saturated heterocycles. The lowest BCUT2D eigenvalue weighted by atomic mass is 9.83. The van der Waals surface area contributed by atoms with Crippen LogP contribution in [0.25, 0.3) is 11.0 Å². The normalized spacial score (nSPS) is 15.9. The molecule has 2 heterocycles. The average molecular weight is 382 g/mol. The zero-order chi connectivity index (χ0) is 19.8. The van der Waals surface area contributed by atoms with E-state index in [1.54, 1.807) is 30.3 Å². The molecule has 0 amide bonds. The monoisotopic (exact) mass is 382 g/mol. The van der Waals surface area contributed by atoms with Crippen LogP contribution in [0.1, 0.15) is 17.0 Å². The number of para-hydroxylation sites is 2. The van der Waals surface area contributed by atoms with Crippen LogP contribution in [-0.4, -0.2) is 6.61 Å². The molecule has 1 aliphatic heterocycles. The molecule has 0 fully saturated rings. The largest absolute Gasteiger partial charge is 0.439 e. The summed E-state index contributed by atoms with van der Waals surface area (Å²) >= 11 is 0. The number of nitriles is 1. The predicted octanol–water partition coefficient (Wildman–Crippen LogP) is 3.61. The molecule has 6 nitrogen and oxygen atoms in total. The molecule has 2 N–H and O–H groups in total. The summed E-state index contributed by atoms with van der Waals surface area (Å²) in [5, 5.41) is 10.1. The standard InChI is InChI=1S/C20H12F2N2O4/c21-20(22)27-13-7-3-1-5-10(13)15-12(9-23)18(24)28-17-11-6-2-4-8-14(11)26-19(25)16(15)17/h1-8,15,20H,24H2. The summed E-state index contributed by atoms with van der Waals surface area (Å²) in [5.74, 6) is -1.35. The van der Waals surface area contributed by atoms with Crippen LogP contribution in [0.4, 0.5) is 8.78 Å². The number of hydrogen-bond donors (Lipinski definition) is 1. The van der Waals surface area contributed by atoms with Gasteiger partial charge >= 0.3 is 12.2 Å². The molecule has 0 saturated carbocycles. The quantitative estimate of drug-likeness (QED) is 0.695. The highest BCUT2D eigenvalue weighted by Crippen LogP contribution is 2.45. The lowest BCUT2D eigenvalue weighted by molar-refractivity contribution is -0.0505. The average Bonchev–Trinajstić information content (AvgIpc) is 2.67. The van der Waals surface area contributed by atoms with Crippen LogP contribution in [0.15, 0.2) is 69.2 Å². The van der Waals surface area contributed by atoms with Gasteiger partial charge in [-0.1, -0.05) is 30.3 Å². The molecule has 28 heavy (non-hydrogen) atoms. The first kappa shape index (κ1) is 17.5. The molecule has 3 aromatic rings. The van der Waals surface area contributed by atoms with Crippen LogP contribution in [0.5, 0.6) is 11.5 Å². The minimum absolute atomic E-state index is 0.00485. The maximum atomic E-state index is 12.9. The Morgan fingerprint density at radius 2 is 1.86 bits per heavy atom. The highest BCUT2D eigenvalue weighted by atomic mass is 19.3. The molecule has 8 heteroatoms. The van der Waals surface area contributed by atoms with Gasteiger partial charge in [0.05, 0.1) is 16.9 Å². The van der Waals surface area contributed by atoms with Gasteiger partial charge in [0.25, 0.3) is 0 Å². The van der Waals surface area contributed by atoms with E-state index >= 15 is 0 Å².